The minimum Gasteiger partial charge on any atom is -0.497 e. The molecule has 2 aliphatic rings. The second-order valence-corrected chi connectivity index (χ2v) is 11.5. The predicted molar refractivity (Wildman–Crippen MR) is 155 cm³/mol. The van der Waals surface area contributed by atoms with Gasteiger partial charge in [-0.1, -0.05) is 36.8 Å². The SMILES string of the molecule is COc1ccc(F)c(-c2ccc(COc3cccc([C@@H](CC(=O)O)C4CC4)c3)cc2CN2[C@H](C)CCC[C@@H]2C)c1. The van der Waals surface area contributed by atoms with Gasteiger partial charge >= 0.3 is 5.97 Å². The van der Waals surface area contributed by atoms with Crippen molar-refractivity contribution in [3.05, 3.63) is 83.2 Å². The van der Waals surface area contributed by atoms with Gasteiger partial charge in [-0.15, -0.1) is 0 Å². The third kappa shape index (κ3) is 6.67. The average molecular weight is 546 g/mol. The number of ether oxygens (including phenoxy) is 2. The molecule has 0 radical (unpaired) electrons. The zero-order valence-corrected chi connectivity index (χ0v) is 23.7. The van der Waals surface area contributed by atoms with Crippen molar-refractivity contribution in [1.29, 1.82) is 0 Å². The normalized spacial score (nSPS) is 20.2. The molecule has 1 aliphatic heterocycles. The monoisotopic (exact) mass is 545 g/mol. The van der Waals surface area contributed by atoms with Gasteiger partial charge in [0, 0.05) is 24.2 Å². The van der Waals surface area contributed by atoms with Crippen molar-refractivity contribution in [1.82, 2.24) is 4.90 Å². The van der Waals surface area contributed by atoms with E-state index in [4.69, 9.17) is 9.47 Å². The number of hydrogen-bond donors (Lipinski definition) is 1. The molecule has 1 aliphatic carbocycles. The fourth-order valence-corrected chi connectivity index (χ4v) is 6.20. The van der Waals surface area contributed by atoms with Crippen LogP contribution in [0.1, 0.15) is 75.0 Å². The molecule has 0 spiro atoms. The first-order chi connectivity index (χ1) is 19.3. The van der Waals surface area contributed by atoms with Gasteiger partial charge in [0.25, 0.3) is 0 Å². The summed E-state index contributed by atoms with van der Waals surface area (Å²) < 4.78 is 26.7. The lowest BCUT2D eigenvalue weighted by Crippen LogP contribution is -2.43. The molecule has 3 aromatic rings. The van der Waals surface area contributed by atoms with E-state index in [2.05, 4.69) is 24.8 Å². The topological polar surface area (TPSA) is 59.0 Å². The predicted octanol–water partition coefficient (Wildman–Crippen LogP) is 7.81. The Morgan fingerprint density at radius 1 is 0.975 bits per heavy atom. The molecule has 0 aromatic heterocycles. The minimum absolute atomic E-state index is 0.0261. The van der Waals surface area contributed by atoms with Crippen molar-refractivity contribution in [3.8, 4) is 22.6 Å². The van der Waals surface area contributed by atoms with E-state index in [9.17, 15) is 9.90 Å². The van der Waals surface area contributed by atoms with Crippen LogP contribution in [0, 0.1) is 11.7 Å². The van der Waals surface area contributed by atoms with Crippen LogP contribution in [0.4, 0.5) is 4.39 Å². The number of carboxylic acid groups (broad SMARTS) is 1. The summed E-state index contributed by atoms with van der Waals surface area (Å²) in [6.45, 7) is 5.66. The Morgan fingerprint density at radius 3 is 2.45 bits per heavy atom. The molecule has 3 atom stereocenters. The smallest absolute Gasteiger partial charge is 0.303 e. The third-order valence-electron chi connectivity index (χ3n) is 8.64. The van der Waals surface area contributed by atoms with Crippen LogP contribution in [0.25, 0.3) is 11.1 Å². The number of rotatable bonds is 11. The average Bonchev–Trinajstić information content (AvgIpc) is 3.79. The Kier molecular flexibility index (Phi) is 8.75. The van der Waals surface area contributed by atoms with Crippen molar-refractivity contribution in [2.75, 3.05) is 7.11 Å². The lowest BCUT2D eigenvalue weighted by molar-refractivity contribution is -0.137. The van der Waals surface area contributed by atoms with E-state index >= 15 is 4.39 Å². The maximum Gasteiger partial charge on any atom is 0.303 e. The number of halogens is 1. The number of hydrogen-bond acceptors (Lipinski definition) is 4. The standard InChI is InChI=1S/C34H40FNO4/c1-22-6-4-7-23(2)36(22)20-27-16-24(10-14-30(27)32-18-28(39-3)13-15-33(32)35)21-40-29-9-5-8-26(17-29)31(19-34(37)38)25-11-12-25/h5,8-10,13-18,22-23,25,31H,4,6-7,11-12,19-21H2,1-3H3,(H,37,38)/t22-,23+,31-/m0/s1. The zero-order valence-electron chi connectivity index (χ0n) is 23.7. The van der Waals surface area contributed by atoms with Gasteiger partial charge in [0.2, 0.25) is 0 Å². The fourth-order valence-electron chi connectivity index (χ4n) is 6.20. The van der Waals surface area contributed by atoms with Crippen LogP contribution < -0.4 is 9.47 Å². The van der Waals surface area contributed by atoms with E-state index in [-0.39, 0.29) is 18.2 Å². The zero-order chi connectivity index (χ0) is 28.2. The Morgan fingerprint density at radius 2 is 1.75 bits per heavy atom. The van der Waals surface area contributed by atoms with Crippen LogP contribution >= 0.6 is 0 Å². The van der Waals surface area contributed by atoms with Crippen LogP contribution in [0.5, 0.6) is 11.5 Å². The molecule has 1 N–H and O–H groups in total. The molecule has 0 bridgehead atoms. The van der Waals surface area contributed by atoms with Gasteiger partial charge in [0.1, 0.15) is 23.9 Å². The number of likely N-dealkylation sites (tertiary alicyclic amines) is 1. The number of benzene rings is 3. The third-order valence-corrected chi connectivity index (χ3v) is 8.64. The Labute approximate surface area is 236 Å². The second kappa shape index (κ2) is 12.4. The molecule has 3 aromatic carbocycles. The van der Waals surface area contributed by atoms with E-state index in [1.165, 1.54) is 12.5 Å². The summed E-state index contributed by atoms with van der Waals surface area (Å²) in [5, 5.41) is 9.41. The van der Waals surface area contributed by atoms with E-state index < -0.39 is 5.97 Å². The summed E-state index contributed by atoms with van der Waals surface area (Å²) in [6.07, 6.45) is 5.87. The summed E-state index contributed by atoms with van der Waals surface area (Å²) >= 11 is 0. The maximum atomic E-state index is 15.1. The molecule has 6 heteroatoms. The first-order valence-electron chi connectivity index (χ1n) is 14.5. The van der Waals surface area contributed by atoms with Gasteiger partial charge in [0.15, 0.2) is 0 Å². The highest BCUT2D eigenvalue weighted by molar-refractivity contribution is 5.70. The van der Waals surface area contributed by atoms with E-state index in [0.717, 1.165) is 60.2 Å². The summed E-state index contributed by atoms with van der Waals surface area (Å²) in [7, 11) is 1.60. The quantitative estimate of drug-likeness (QED) is 0.266. The Balaban J connectivity index is 1.41. The van der Waals surface area contributed by atoms with Crippen molar-refractivity contribution in [2.45, 2.75) is 83.5 Å². The molecule has 212 valence electrons. The first-order valence-corrected chi connectivity index (χ1v) is 14.5. The van der Waals surface area contributed by atoms with E-state index in [1.54, 1.807) is 19.2 Å². The molecule has 5 nitrogen and oxygen atoms in total. The van der Waals surface area contributed by atoms with Gasteiger partial charge in [0.05, 0.1) is 13.5 Å². The highest BCUT2D eigenvalue weighted by Crippen LogP contribution is 2.45. The molecule has 0 amide bonds. The van der Waals surface area contributed by atoms with Crippen molar-refractivity contribution in [3.63, 3.8) is 0 Å². The first kappa shape index (κ1) is 28.2. The molecule has 1 saturated heterocycles. The Bertz CT molecular complexity index is 1330. The van der Waals surface area contributed by atoms with Gasteiger partial charge in [-0.25, -0.2) is 4.39 Å². The summed E-state index contributed by atoms with van der Waals surface area (Å²) in [5.41, 5.74) is 4.51. The van der Waals surface area contributed by atoms with Crippen molar-refractivity contribution >= 4 is 5.97 Å². The second-order valence-electron chi connectivity index (χ2n) is 11.5. The van der Waals surface area contributed by atoms with Gasteiger partial charge < -0.3 is 14.6 Å². The van der Waals surface area contributed by atoms with Crippen LogP contribution in [0.15, 0.2) is 60.7 Å². The van der Waals surface area contributed by atoms with Crippen molar-refractivity contribution < 1.29 is 23.8 Å². The molecule has 1 heterocycles. The lowest BCUT2D eigenvalue weighted by atomic mass is 9.91. The van der Waals surface area contributed by atoms with Crippen LogP contribution in [-0.2, 0) is 17.9 Å². The lowest BCUT2D eigenvalue weighted by Gasteiger charge is -2.39. The summed E-state index contributed by atoms with van der Waals surface area (Å²) in [4.78, 5) is 14.0. The number of piperidine rings is 1. The molecular weight excluding hydrogens is 505 g/mol. The largest absolute Gasteiger partial charge is 0.497 e. The van der Waals surface area contributed by atoms with Gasteiger partial charge in [-0.3, -0.25) is 9.69 Å². The summed E-state index contributed by atoms with van der Waals surface area (Å²) in [5.74, 6) is 0.795. The highest BCUT2D eigenvalue weighted by Gasteiger charge is 2.34. The van der Waals surface area contributed by atoms with E-state index in [1.807, 2.05) is 36.4 Å². The number of carboxylic acids is 1. The minimum atomic E-state index is -0.763. The fraction of sp³-hybridized carbons (Fsp3) is 0.441. The molecule has 1 saturated carbocycles. The number of nitrogens with zero attached hydrogens (tertiary/aromatic N) is 1. The molecular formula is C34H40FNO4. The van der Waals surface area contributed by atoms with E-state index in [0.29, 0.717) is 35.9 Å². The number of aliphatic carboxylic acids is 1. The van der Waals surface area contributed by atoms with Crippen LogP contribution in [0.3, 0.4) is 0 Å². The number of carbonyl (C=O) groups is 1. The van der Waals surface area contributed by atoms with Crippen LogP contribution in [0.2, 0.25) is 0 Å². The van der Waals surface area contributed by atoms with Crippen molar-refractivity contribution in [2.24, 2.45) is 5.92 Å². The molecule has 40 heavy (non-hydrogen) atoms. The number of methoxy groups -OCH3 is 1. The summed E-state index contributed by atoms with van der Waals surface area (Å²) in [6, 6.07) is 19.8. The molecule has 0 unspecified atom stereocenters. The molecule has 2 fully saturated rings. The maximum absolute atomic E-state index is 15.1. The molecule has 5 rings (SSSR count). The Hall–Kier alpha value is -3.38. The van der Waals surface area contributed by atoms with Crippen LogP contribution in [-0.4, -0.2) is 35.2 Å². The van der Waals surface area contributed by atoms with Gasteiger partial charge in [-0.05, 0) is 104 Å². The van der Waals surface area contributed by atoms with Gasteiger partial charge in [-0.2, -0.15) is 0 Å². The highest BCUT2D eigenvalue weighted by atomic mass is 19.1.